The highest BCUT2D eigenvalue weighted by molar-refractivity contribution is 5.84. The minimum Gasteiger partial charge on any atom is -0.444 e. The van der Waals surface area contributed by atoms with Crippen molar-refractivity contribution in [2.45, 2.75) is 59.0 Å². The molecule has 0 aliphatic carbocycles. The fourth-order valence-corrected chi connectivity index (χ4v) is 1.91. The Morgan fingerprint density at radius 2 is 1.83 bits per heavy atom. The van der Waals surface area contributed by atoms with E-state index in [1.807, 2.05) is 20.8 Å². The molecule has 0 radical (unpaired) electrons. The summed E-state index contributed by atoms with van der Waals surface area (Å²) in [5, 5.41) is 0. The number of likely N-dealkylation sites (tertiary alicyclic amines) is 1. The van der Waals surface area contributed by atoms with Gasteiger partial charge in [0.1, 0.15) is 11.4 Å². The third-order valence-corrected chi connectivity index (χ3v) is 3.02. The zero-order valence-electron chi connectivity index (χ0n) is 12.0. The van der Waals surface area contributed by atoms with E-state index in [2.05, 4.69) is 6.92 Å². The lowest BCUT2D eigenvalue weighted by molar-refractivity contribution is -0.127. The van der Waals surface area contributed by atoms with Gasteiger partial charge in [-0.3, -0.25) is 4.79 Å². The summed E-state index contributed by atoms with van der Waals surface area (Å²) in [7, 11) is 0. The van der Waals surface area contributed by atoms with Crippen LogP contribution in [0.15, 0.2) is 0 Å². The summed E-state index contributed by atoms with van der Waals surface area (Å²) in [6.07, 6.45) is 3.55. The van der Waals surface area contributed by atoms with Gasteiger partial charge in [-0.2, -0.15) is 0 Å². The van der Waals surface area contributed by atoms with Gasteiger partial charge in [0.15, 0.2) is 0 Å². The molecule has 0 bridgehead atoms. The number of ether oxygens (including phenoxy) is 1. The van der Waals surface area contributed by atoms with Crippen LogP contribution in [0.5, 0.6) is 0 Å². The first-order chi connectivity index (χ1) is 8.33. The van der Waals surface area contributed by atoms with E-state index in [0.29, 0.717) is 25.3 Å². The number of ketones is 1. The minimum atomic E-state index is -0.465. The number of Topliss-reactive ketones (excluding diaryl/α,β-unsaturated/α-hetero) is 1. The summed E-state index contributed by atoms with van der Waals surface area (Å²) in [4.78, 5) is 25.0. The molecule has 18 heavy (non-hydrogen) atoms. The zero-order valence-corrected chi connectivity index (χ0v) is 12.0. The smallest absolute Gasteiger partial charge is 0.410 e. The molecule has 0 aromatic heterocycles. The Hall–Kier alpha value is -1.06. The molecule has 1 amide bonds. The Labute approximate surface area is 110 Å². The third-order valence-electron chi connectivity index (χ3n) is 3.02. The van der Waals surface area contributed by atoms with Crippen LogP contribution in [0.3, 0.4) is 0 Å². The van der Waals surface area contributed by atoms with Gasteiger partial charge >= 0.3 is 6.09 Å². The molecule has 0 aromatic carbocycles. The van der Waals surface area contributed by atoms with E-state index >= 15 is 0 Å². The second kappa shape index (κ2) is 6.21. The third kappa shape index (κ3) is 4.67. The van der Waals surface area contributed by atoms with Crippen molar-refractivity contribution in [1.82, 2.24) is 4.90 Å². The van der Waals surface area contributed by atoms with Crippen LogP contribution in [0.25, 0.3) is 0 Å². The number of hydrogen-bond acceptors (Lipinski definition) is 3. The van der Waals surface area contributed by atoms with Crippen LogP contribution >= 0.6 is 0 Å². The first kappa shape index (κ1) is 15.0. The quantitative estimate of drug-likeness (QED) is 0.709. The molecule has 104 valence electrons. The van der Waals surface area contributed by atoms with Gasteiger partial charge in [-0.1, -0.05) is 19.8 Å². The van der Waals surface area contributed by atoms with E-state index < -0.39 is 5.60 Å². The molecule has 1 aliphatic heterocycles. The van der Waals surface area contributed by atoms with Crippen molar-refractivity contribution in [2.24, 2.45) is 5.92 Å². The molecule has 1 heterocycles. The van der Waals surface area contributed by atoms with Gasteiger partial charge in [0.2, 0.25) is 0 Å². The second-order valence-electron chi connectivity index (χ2n) is 6.01. The van der Waals surface area contributed by atoms with Gasteiger partial charge in [-0.25, -0.2) is 4.79 Å². The largest absolute Gasteiger partial charge is 0.444 e. The molecule has 0 aromatic rings. The fraction of sp³-hybridized carbons (Fsp3) is 0.857. The van der Waals surface area contributed by atoms with Crippen LogP contribution in [-0.4, -0.2) is 35.5 Å². The van der Waals surface area contributed by atoms with Crippen molar-refractivity contribution < 1.29 is 14.3 Å². The molecule has 0 spiro atoms. The maximum absolute atomic E-state index is 11.8. The number of carbonyl (C=O) groups is 2. The predicted octanol–water partition coefficient (Wildman–Crippen LogP) is 3.00. The Morgan fingerprint density at radius 1 is 1.22 bits per heavy atom. The number of carbonyl (C=O) groups excluding carboxylic acids is 2. The molecule has 4 nitrogen and oxygen atoms in total. The fourth-order valence-electron chi connectivity index (χ4n) is 1.91. The number of hydrogen-bond donors (Lipinski definition) is 0. The summed E-state index contributed by atoms with van der Waals surface area (Å²) in [5.74, 6) is 0.331. The molecule has 4 heteroatoms. The van der Waals surface area contributed by atoms with E-state index in [-0.39, 0.29) is 12.0 Å². The number of unbranched alkanes of at least 4 members (excludes halogenated alkanes) is 2. The van der Waals surface area contributed by atoms with Gasteiger partial charge in [0, 0.05) is 19.5 Å². The Morgan fingerprint density at radius 3 is 2.33 bits per heavy atom. The first-order valence-electron chi connectivity index (χ1n) is 6.84. The molecule has 1 aliphatic rings. The summed E-state index contributed by atoms with van der Waals surface area (Å²) in [6.45, 7) is 8.71. The van der Waals surface area contributed by atoms with Gasteiger partial charge < -0.3 is 9.64 Å². The van der Waals surface area contributed by atoms with E-state index in [4.69, 9.17) is 4.74 Å². The zero-order chi connectivity index (χ0) is 13.8. The van der Waals surface area contributed by atoms with E-state index in [1.165, 1.54) is 0 Å². The lowest BCUT2D eigenvalue weighted by Gasteiger charge is -2.38. The molecule has 1 fully saturated rings. The molecule has 1 saturated heterocycles. The van der Waals surface area contributed by atoms with Crippen LogP contribution in [-0.2, 0) is 9.53 Å². The van der Waals surface area contributed by atoms with Gasteiger partial charge in [0.05, 0.1) is 5.92 Å². The normalized spacial score (nSPS) is 16.3. The molecular formula is C14H25NO3. The Kier molecular flexibility index (Phi) is 5.17. The summed E-state index contributed by atoms with van der Waals surface area (Å²) < 4.78 is 5.24. The highest BCUT2D eigenvalue weighted by Crippen LogP contribution is 2.21. The highest BCUT2D eigenvalue weighted by atomic mass is 16.6. The maximum atomic E-state index is 11.8. The van der Waals surface area contributed by atoms with Crippen molar-refractivity contribution in [3.8, 4) is 0 Å². The molecule has 0 saturated carbocycles. The van der Waals surface area contributed by atoms with Crippen LogP contribution < -0.4 is 0 Å². The van der Waals surface area contributed by atoms with Crippen LogP contribution in [0.1, 0.15) is 53.4 Å². The SMILES string of the molecule is CCCCCC(=O)C1CN(C(=O)OC(C)(C)C)C1. The van der Waals surface area contributed by atoms with Crippen LogP contribution in [0.2, 0.25) is 0 Å². The average molecular weight is 255 g/mol. The Balaban J connectivity index is 2.23. The average Bonchev–Trinajstić information content (AvgIpc) is 2.12. The topological polar surface area (TPSA) is 46.6 Å². The second-order valence-corrected chi connectivity index (χ2v) is 6.01. The number of nitrogens with zero attached hydrogens (tertiary/aromatic N) is 1. The van der Waals surface area contributed by atoms with Crippen LogP contribution in [0, 0.1) is 5.92 Å². The summed E-state index contributed by atoms with van der Waals surface area (Å²) in [6, 6.07) is 0. The predicted molar refractivity (Wildman–Crippen MR) is 70.4 cm³/mol. The van der Waals surface area contributed by atoms with Crippen LogP contribution in [0.4, 0.5) is 4.79 Å². The molecule has 1 rings (SSSR count). The molecule has 0 unspecified atom stereocenters. The maximum Gasteiger partial charge on any atom is 0.410 e. The van der Waals surface area contributed by atoms with E-state index in [9.17, 15) is 9.59 Å². The first-order valence-corrected chi connectivity index (χ1v) is 6.84. The monoisotopic (exact) mass is 255 g/mol. The number of amides is 1. The van der Waals surface area contributed by atoms with E-state index in [1.54, 1.807) is 4.90 Å². The molecule has 0 N–H and O–H groups in total. The van der Waals surface area contributed by atoms with Crippen molar-refractivity contribution in [3.63, 3.8) is 0 Å². The van der Waals surface area contributed by atoms with Crippen molar-refractivity contribution in [3.05, 3.63) is 0 Å². The molecular weight excluding hydrogens is 230 g/mol. The van der Waals surface area contributed by atoms with Crippen molar-refractivity contribution in [2.75, 3.05) is 13.1 Å². The standard InChI is InChI=1S/C14H25NO3/c1-5-6-7-8-12(16)11-9-15(10-11)13(17)18-14(2,3)4/h11H,5-10H2,1-4H3. The van der Waals surface area contributed by atoms with Crippen molar-refractivity contribution in [1.29, 1.82) is 0 Å². The van der Waals surface area contributed by atoms with Crippen molar-refractivity contribution >= 4 is 11.9 Å². The Bertz CT molecular complexity index is 301. The van der Waals surface area contributed by atoms with Gasteiger partial charge in [0.25, 0.3) is 0 Å². The lowest BCUT2D eigenvalue weighted by atomic mass is 9.92. The van der Waals surface area contributed by atoms with Gasteiger partial charge in [-0.15, -0.1) is 0 Å². The van der Waals surface area contributed by atoms with Gasteiger partial charge in [-0.05, 0) is 27.2 Å². The summed E-state index contributed by atoms with van der Waals surface area (Å²) in [5.41, 5.74) is -0.465. The van der Waals surface area contributed by atoms with E-state index in [0.717, 1.165) is 19.3 Å². The summed E-state index contributed by atoms with van der Waals surface area (Å²) >= 11 is 0. The lowest BCUT2D eigenvalue weighted by Crippen LogP contribution is -2.54. The highest BCUT2D eigenvalue weighted by Gasteiger charge is 2.37. The molecule has 0 atom stereocenters. The minimum absolute atomic E-state index is 0.0365. The number of rotatable bonds is 5.